The van der Waals surface area contributed by atoms with E-state index in [9.17, 15) is 9.59 Å². The largest absolute Gasteiger partial charge is 0.465 e. The van der Waals surface area contributed by atoms with Crippen LogP contribution in [0.25, 0.3) is 0 Å². The number of amides is 1. The van der Waals surface area contributed by atoms with Gasteiger partial charge in [0.1, 0.15) is 6.29 Å². The van der Waals surface area contributed by atoms with Gasteiger partial charge in [0.05, 0.1) is 6.04 Å². The minimum Gasteiger partial charge on any atom is -0.465 e. The van der Waals surface area contributed by atoms with Crippen molar-refractivity contribution in [3.05, 3.63) is 0 Å². The molecule has 0 saturated carbocycles. The zero-order chi connectivity index (χ0) is 11.9. The summed E-state index contributed by atoms with van der Waals surface area (Å²) in [4.78, 5) is 20.8. The summed E-state index contributed by atoms with van der Waals surface area (Å²) < 4.78 is 0. The van der Waals surface area contributed by atoms with Crippen LogP contribution in [0.15, 0.2) is 0 Å². The average Bonchev–Trinajstić information content (AvgIpc) is 2.08. The van der Waals surface area contributed by atoms with E-state index >= 15 is 0 Å². The van der Waals surface area contributed by atoms with E-state index in [-0.39, 0.29) is 0 Å². The molecule has 0 aromatic carbocycles. The number of nitrogens with one attached hydrogen (secondary N) is 1. The van der Waals surface area contributed by atoms with Gasteiger partial charge in [-0.15, -0.1) is 0 Å². The molecule has 0 heterocycles. The molecule has 0 saturated heterocycles. The minimum absolute atomic E-state index is 0.302. The first-order valence-electron chi connectivity index (χ1n) is 5.30. The van der Waals surface area contributed by atoms with Crippen LogP contribution in [-0.2, 0) is 4.79 Å². The summed E-state index contributed by atoms with van der Waals surface area (Å²) in [6.45, 7) is 6.50. The van der Waals surface area contributed by atoms with Gasteiger partial charge in [0.25, 0.3) is 0 Å². The quantitative estimate of drug-likeness (QED) is 0.528. The molecule has 0 aromatic rings. The Morgan fingerprint density at radius 2 is 2.00 bits per heavy atom. The van der Waals surface area contributed by atoms with E-state index in [1.54, 1.807) is 0 Å². The van der Waals surface area contributed by atoms with Crippen molar-refractivity contribution in [3.8, 4) is 0 Å². The van der Waals surface area contributed by atoms with Crippen LogP contribution in [0.5, 0.6) is 0 Å². The molecule has 1 amide bonds. The fourth-order valence-electron chi connectivity index (χ4n) is 1.35. The van der Waals surface area contributed by atoms with Crippen LogP contribution < -0.4 is 5.32 Å². The predicted octanol–water partition coefficient (Wildman–Crippen LogP) is 2.43. The molecule has 2 N–H and O–H groups in total. The van der Waals surface area contributed by atoms with Crippen LogP contribution in [0, 0.1) is 5.41 Å². The Labute approximate surface area is 91.1 Å². The van der Waals surface area contributed by atoms with Gasteiger partial charge in [0.2, 0.25) is 0 Å². The molecule has 0 aromatic heterocycles. The Kier molecular flexibility index (Phi) is 5.97. The summed E-state index contributed by atoms with van der Waals surface area (Å²) >= 11 is 0. The second-order valence-corrected chi connectivity index (χ2v) is 5.00. The van der Waals surface area contributed by atoms with Gasteiger partial charge < -0.3 is 15.2 Å². The number of carbonyl (C=O) groups excluding carboxylic acids is 1. The topological polar surface area (TPSA) is 66.4 Å². The van der Waals surface area contributed by atoms with Crippen molar-refractivity contribution in [2.75, 3.05) is 0 Å². The molecule has 0 unspecified atom stereocenters. The van der Waals surface area contributed by atoms with Crippen molar-refractivity contribution in [2.45, 2.75) is 52.5 Å². The number of carboxylic acid groups (broad SMARTS) is 1. The van der Waals surface area contributed by atoms with Crippen LogP contribution in [0.4, 0.5) is 4.79 Å². The molecule has 0 rings (SSSR count). The van der Waals surface area contributed by atoms with E-state index in [4.69, 9.17) is 5.11 Å². The number of aldehydes is 1. The smallest absolute Gasteiger partial charge is 0.405 e. The first-order valence-corrected chi connectivity index (χ1v) is 5.30. The van der Waals surface area contributed by atoms with E-state index in [0.29, 0.717) is 18.1 Å². The Hall–Kier alpha value is -1.06. The fourth-order valence-corrected chi connectivity index (χ4v) is 1.35. The summed E-state index contributed by atoms with van der Waals surface area (Å²) in [6, 6.07) is -0.553. The molecule has 0 aliphatic rings. The second-order valence-electron chi connectivity index (χ2n) is 5.00. The summed E-state index contributed by atoms with van der Waals surface area (Å²) in [7, 11) is 0. The first kappa shape index (κ1) is 13.9. The molecule has 1 atom stereocenters. The Balaban J connectivity index is 3.64. The van der Waals surface area contributed by atoms with E-state index in [2.05, 4.69) is 26.1 Å². The van der Waals surface area contributed by atoms with Crippen LogP contribution in [0.1, 0.15) is 46.5 Å². The SMILES string of the molecule is CC(C)(C)CCCC[C@@H](C=O)NC(=O)O. The van der Waals surface area contributed by atoms with Crippen LogP contribution in [-0.4, -0.2) is 23.5 Å². The average molecular weight is 215 g/mol. The summed E-state index contributed by atoms with van der Waals surface area (Å²) in [5, 5.41) is 10.6. The van der Waals surface area contributed by atoms with Gasteiger partial charge >= 0.3 is 6.09 Å². The standard InChI is InChI=1S/C11H21NO3/c1-11(2,3)7-5-4-6-9(8-13)12-10(14)15/h8-9,12H,4-7H2,1-3H3,(H,14,15)/t9-/m0/s1. The molecule has 0 bridgehead atoms. The van der Waals surface area contributed by atoms with Gasteiger partial charge in [0.15, 0.2) is 0 Å². The third-order valence-corrected chi connectivity index (χ3v) is 2.17. The Morgan fingerprint density at radius 3 is 2.40 bits per heavy atom. The van der Waals surface area contributed by atoms with Gasteiger partial charge in [-0.3, -0.25) is 0 Å². The Bertz CT molecular complexity index is 208. The molecule has 0 aliphatic carbocycles. The van der Waals surface area contributed by atoms with E-state index < -0.39 is 12.1 Å². The zero-order valence-corrected chi connectivity index (χ0v) is 9.75. The molecular formula is C11H21NO3. The number of rotatable bonds is 6. The highest BCUT2D eigenvalue weighted by Crippen LogP contribution is 2.22. The van der Waals surface area contributed by atoms with E-state index in [1.807, 2.05) is 0 Å². The highest BCUT2D eigenvalue weighted by atomic mass is 16.4. The second kappa shape index (κ2) is 6.43. The van der Waals surface area contributed by atoms with E-state index in [1.165, 1.54) is 0 Å². The van der Waals surface area contributed by atoms with Crippen molar-refractivity contribution >= 4 is 12.4 Å². The maximum Gasteiger partial charge on any atom is 0.405 e. The predicted molar refractivity (Wildman–Crippen MR) is 58.9 cm³/mol. The summed E-state index contributed by atoms with van der Waals surface area (Å²) in [5.41, 5.74) is 0.302. The normalized spacial score (nSPS) is 13.3. The van der Waals surface area contributed by atoms with Crippen molar-refractivity contribution in [1.29, 1.82) is 0 Å². The number of hydrogen-bond donors (Lipinski definition) is 2. The monoisotopic (exact) mass is 215 g/mol. The lowest BCUT2D eigenvalue weighted by Crippen LogP contribution is -2.34. The van der Waals surface area contributed by atoms with Crippen LogP contribution in [0.3, 0.4) is 0 Å². The lowest BCUT2D eigenvalue weighted by Gasteiger charge is -2.18. The molecule has 0 fully saturated rings. The van der Waals surface area contributed by atoms with Crippen molar-refractivity contribution in [2.24, 2.45) is 5.41 Å². The third kappa shape index (κ3) is 9.25. The van der Waals surface area contributed by atoms with Gasteiger partial charge in [-0.1, -0.05) is 33.6 Å². The number of hydrogen-bond acceptors (Lipinski definition) is 2. The molecule has 15 heavy (non-hydrogen) atoms. The fraction of sp³-hybridized carbons (Fsp3) is 0.818. The first-order chi connectivity index (χ1) is 6.85. The summed E-state index contributed by atoms with van der Waals surface area (Å²) in [5.74, 6) is 0. The minimum atomic E-state index is -1.14. The zero-order valence-electron chi connectivity index (χ0n) is 9.75. The lowest BCUT2D eigenvalue weighted by molar-refractivity contribution is -0.109. The lowest BCUT2D eigenvalue weighted by atomic mass is 9.89. The molecule has 4 heteroatoms. The van der Waals surface area contributed by atoms with Gasteiger partial charge in [-0.25, -0.2) is 4.79 Å². The van der Waals surface area contributed by atoms with Crippen molar-refractivity contribution in [3.63, 3.8) is 0 Å². The van der Waals surface area contributed by atoms with Crippen LogP contribution in [0.2, 0.25) is 0 Å². The van der Waals surface area contributed by atoms with Crippen LogP contribution >= 0.6 is 0 Å². The molecule has 88 valence electrons. The number of carbonyl (C=O) groups is 2. The molecule has 0 aliphatic heterocycles. The molecular weight excluding hydrogens is 194 g/mol. The van der Waals surface area contributed by atoms with Gasteiger partial charge in [-0.05, 0) is 18.3 Å². The van der Waals surface area contributed by atoms with Gasteiger partial charge in [-0.2, -0.15) is 0 Å². The highest BCUT2D eigenvalue weighted by molar-refractivity contribution is 5.71. The maximum atomic E-state index is 10.5. The molecule has 4 nitrogen and oxygen atoms in total. The molecule has 0 radical (unpaired) electrons. The number of unbranched alkanes of at least 4 members (excludes halogenated alkanes) is 1. The van der Waals surface area contributed by atoms with Crippen molar-refractivity contribution in [1.82, 2.24) is 5.32 Å². The van der Waals surface area contributed by atoms with Gasteiger partial charge in [0, 0.05) is 0 Å². The Morgan fingerprint density at radius 1 is 1.40 bits per heavy atom. The maximum absolute atomic E-state index is 10.5. The summed E-state index contributed by atoms with van der Waals surface area (Å²) in [6.07, 6.45) is 3.10. The van der Waals surface area contributed by atoms with Crippen molar-refractivity contribution < 1.29 is 14.7 Å². The molecule has 0 spiro atoms. The highest BCUT2D eigenvalue weighted by Gasteiger charge is 2.12. The third-order valence-electron chi connectivity index (χ3n) is 2.17. The van der Waals surface area contributed by atoms with E-state index in [0.717, 1.165) is 19.3 Å².